The second-order valence-electron chi connectivity index (χ2n) is 5.03. The molecule has 21 heavy (non-hydrogen) atoms. The van der Waals surface area contributed by atoms with Crippen molar-refractivity contribution in [1.29, 1.82) is 0 Å². The average molecular weight is 307 g/mol. The summed E-state index contributed by atoms with van der Waals surface area (Å²) in [7, 11) is 0. The third kappa shape index (κ3) is 3.92. The molecule has 0 aromatic carbocycles. The largest absolute Gasteiger partial charge is 0.466 e. The number of anilines is 1. The van der Waals surface area contributed by atoms with Crippen molar-refractivity contribution in [3.8, 4) is 0 Å². The van der Waals surface area contributed by atoms with Crippen LogP contribution in [0.5, 0.6) is 0 Å². The highest BCUT2D eigenvalue weighted by atomic mass is 32.1. The van der Waals surface area contributed by atoms with Crippen LogP contribution in [0.15, 0.2) is 15.9 Å². The molecule has 1 unspecified atom stereocenters. The molecule has 1 amide bonds. The molecular formula is C15H21N3O2S. The fourth-order valence-electron chi connectivity index (χ4n) is 2.03. The van der Waals surface area contributed by atoms with Crippen LogP contribution in [0.1, 0.15) is 53.9 Å². The Balaban J connectivity index is 2.02. The summed E-state index contributed by atoms with van der Waals surface area (Å²) in [5.74, 6) is 1.18. The maximum Gasteiger partial charge on any atom is 0.260 e. The third-order valence-electron chi connectivity index (χ3n) is 3.17. The van der Waals surface area contributed by atoms with Crippen molar-refractivity contribution >= 4 is 22.4 Å². The summed E-state index contributed by atoms with van der Waals surface area (Å²) in [5.41, 5.74) is 1.50. The molecule has 6 heteroatoms. The lowest BCUT2D eigenvalue weighted by Gasteiger charge is -2.09. The highest BCUT2D eigenvalue weighted by Gasteiger charge is 2.16. The quantitative estimate of drug-likeness (QED) is 0.854. The van der Waals surface area contributed by atoms with Gasteiger partial charge in [0.25, 0.3) is 5.91 Å². The van der Waals surface area contributed by atoms with Gasteiger partial charge in [-0.3, -0.25) is 10.1 Å². The molecular weight excluding hydrogens is 286 g/mol. The predicted molar refractivity (Wildman–Crippen MR) is 85.0 cm³/mol. The van der Waals surface area contributed by atoms with Gasteiger partial charge in [0.15, 0.2) is 5.13 Å². The van der Waals surface area contributed by atoms with E-state index in [-0.39, 0.29) is 11.9 Å². The number of aryl methyl sites for hydroxylation is 2. The molecule has 0 bridgehead atoms. The Bertz CT molecular complexity index is 618. The van der Waals surface area contributed by atoms with Crippen molar-refractivity contribution in [3.63, 3.8) is 0 Å². The summed E-state index contributed by atoms with van der Waals surface area (Å²) < 4.78 is 5.37. The molecule has 0 saturated heterocycles. The number of nitrogens with zero attached hydrogens (tertiary/aromatic N) is 1. The zero-order valence-corrected chi connectivity index (χ0v) is 13.6. The second kappa shape index (κ2) is 6.87. The smallest absolute Gasteiger partial charge is 0.260 e. The minimum absolute atomic E-state index is 0.181. The summed E-state index contributed by atoms with van der Waals surface area (Å²) in [5, 5.41) is 8.78. The van der Waals surface area contributed by atoms with E-state index < -0.39 is 0 Å². The van der Waals surface area contributed by atoms with Gasteiger partial charge in [-0.15, -0.1) is 11.3 Å². The number of rotatable bonds is 6. The maximum absolute atomic E-state index is 12.2. The molecule has 114 valence electrons. The van der Waals surface area contributed by atoms with Crippen molar-refractivity contribution in [3.05, 3.63) is 34.2 Å². The van der Waals surface area contributed by atoms with Crippen LogP contribution in [0.4, 0.5) is 5.13 Å². The van der Waals surface area contributed by atoms with Gasteiger partial charge in [-0.2, -0.15) is 0 Å². The lowest BCUT2D eigenvalue weighted by Crippen LogP contribution is -2.19. The molecule has 2 rings (SSSR count). The average Bonchev–Trinajstić information content (AvgIpc) is 3.02. The Morgan fingerprint density at radius 1 is 1.48 bits per heavy atom. The second-order valence-corrected chi connectivity index (χ2v) is 5.89. The zero-order chi connectivity index (χ0) is 15.4. The van der Waals surface area contributed by atoms with Gasteiger partial charge in [-0.1, -0.05) is 6.92 Å². The van der Waals surface area contributed by atoms with Crippen LogP contribution in [-0.4, -0.2) is 17.4 Å². The van der Waals surface area contributed by atoms with Gasteiger partial charge in [0.1, 0.15) is 11.5 Å². The van der Waals surface area contributed by atoms with Gasteiger partial charge in [-0.25, -0.2) is 4.98 Å². The van der Waals surface area contributed by atoms with Crippen LogP contribution >= 0.6 is 11.3 Å². The number of hydrogen-bond acceptors (Lipinski definition) is 5. The van der Waals surface area contributed by atoms with Crippen molar-refractivity contribution in [1.82, 2.24) is 10.3 Å². The van der Waals surface area contributed by atoms with E-state index in [1.54, 1.807) is 13.0 Å². The van der Waals surface area contributed by atoms with Crippen LogP contribution in [0, 0.1) is 13.8 Å². The molecule has 0 aliphatic rings. The first-order valence-electron chi connectivity index (χ1n) is 7.08. The summed E-state index contributed by atoms with van der Waals surface area (Å²) in [4.78, 5) is 16.6. The molecule has 0 saturated carbocycles. The Kier molecular flexibility index (Phi) is 5.14. The molecule has 5 nitrogen and oxygen atoms in total. The molecule has 0 radical (unpaired) electrons. The fourth-order valence-corrected chi connectivity index (χ4v) is 2.83. The fraction of sp³-hybridized carbons (Fsp3) is 0.467. The van der Waals surface area contributed by atoms with Gasteiger partial charge >= 0.3 is 0 Å². The first-order chi connectivity index (χ1) is 10.0. The molecule has 2 heterocycles. The van der Waals surface area contributed by atoms with Crippen molar-refractivity contribution in [2.45, 2.75) is 40.2 Å². The summed E-state index contributed by atoms with van der Waals surface area (Å²) in [6.07, 6.45) is 1.08. The van der Waals surface area contributed by atoms with E-state index in [2.05, 4.69) is 29.5 Å². The summed E-state index contributed by atoms with van der Waals surface area (Å²) in [6, 6.07) is 1.93. The number of thiazole rings is 1. The van der Waals surface area contributed by atoms with Crippen LogP contribution in [0.3, 0.4) is 0 Å². The normalized spacial score (nSPS) is 12.4. The van der Waals surface area contributed by atoms with E-state index in [1.165, 1.54) is 11.3 Å². The van der Waals surface area contributed by atoms with E-state index in [4.69, 9.17) is 4.42 Å². The lowest BCUT2D eigenvalue weighted by atomic mass is 10.2. The van der Waals surface area contributed by atoms with Crippen LogP contribution in [0.25, 0.3) is 0 Å². The molecule has 0 aliphatic heterocycles. The number of nitrogens with one attached hydrogen (secondary N) is 2. The molecule has 0 aliphatic carbocycles. The lowest BCUT2D eigenvalue weighted by molar-refractivity contribution is 0.102. The topological polar surface area (TPSA) is 67.2 Å². The van der Waals surface area contributed by atoms with E-state index in [0.717, 1.165) is 24.4 Å². The Hall–Kier alpha value is -1.66. The van der Waals surface area contributed by atoms with E-state index in [0.29, 0.717) is 16.5 Å². The highest BCUT2D eigenvalue weighted by Crippen LogP contribution is 2.22. The Morgan fingerprint density at radius 3 is 2.86 bits per heavy atom. The summed E-state index contributed by atoms with van der Waals surface area (Å²) >= 11 is 1.43. The van der Waals surface area contributed by atoms with Crippen molar-refractivity contribution in [2.24, 2.45) is 0 Å². The van der Waals surface area contributed by atoms with E-state index in [1.807, 2.05) is 12.3 Å². The zero-order valence-electron chi connectivity index (χ0n) is 12.8. The number of carbonyl (C=O) groups is 1. The summed E-state index contributed by atoms with van der Waals surface area (Å²) in [6.45, 7) is 8.76. The first kappa shape index (κ1) is 15.7. The Morgan fingerprint density at radius 2 is 2.24 bits per heavy atom. The minimum Gasteiger partial charge on any atom is -0.466 e. The van der Waals surface area contributed by atoms with Crippen LogP contribution < -0.4 is 10.6 Å². The molecule has 2 aromatic heterocycles. The standard InChI is InChI=1S/C15H21N3O2S/c1-5-6-16-10(3)13-8-21-15(17-13)18-14(19)12-7-9(2)20-11(12)4/h7-8,10,16H,5-6H2,1-4H3,(H,17,18,19). The molecule has 2 aromatic rings. The number of hydrogen-bond donors (Lipinski definition) is 2. The van der Waals surface area contributed by atoms with Crippen molar-refractivity contribution in [2.75, 3.05) is 11.9 Å². The number of amides is 1. The number of aromatic nitrogens is 1. The van der Waals surface area contributed by atoms with Crippen LogP contribution in [0.2, 0.25) is 0 Å². The number of furan rings is 1. The van der Waals surface area contributed by atoms with Gasteiger partial charge in [0.2, 0.25) is 0 Å². The minimum atomic E-state index is -0.181. The third-order valence-corrected chi connectivity index (χ3v) is 3.95. The Labute approximate surface area is 128 Å². The maximum atomic E-state index is 12.2. The monoisotopic (exact) mass is 307 g/mol. The molecule has 2 N–H and O–H groups in total. The highest BCUT2D eigenvalue weighted by molar-refractivity contribution is 7.14. The molecule has 1 atom stereocenters. The van der Waals surface area contributed by atoms with Crippen LogP contribution in [-0.2, 0) is 0 Å². The van der Waals surface area contributed by atoms with Gasteiger partial charge in [-0.05, 0) is 39.8 Å². The molecule has 0 fully saturated rings. The van der Waals surface area contributed by atoms with E-state index >= 15 is 0 Å². The van der Waals surface area contributed by atoms with Crippen molar-refractivity contribution < 1.29 is 9.21 Å². The molecule has 0 spiro atoms. The first-order valence-corrected chi connectivity index (χ1v) is 7.96. The van der Waals surface area contributed by atoms with E-state index in [9.17, 15) is 4.79 Å². The predicted octanol–water partition coefficient (Wildman–Crippen LogP) is 3.67. The van der Waals surface area contributed by atoms with Gasteiger partial charge < -0.3 is 9.73 Å². The SMILES string of the molecule is CCCNC(C)c1csc(NC(=O)c2cc(C)oc2C)n1. The van der Waals surface area contributed by atoms with Gasteiger partial charge in [0, 0.05) is 11.4 Å². The van der Waals surface area contributed by atoms with Gasteiger partial charge in [0.05, 0.1) is 11.3 Å². The number of carbonyl (C=O) groups excluding carboxylic acids is 1.